The predicted octanol–water partition coefficient (Wildman–Crippen LogP) is 5.50. The van der Waals surface area contributed by atoms with Gasteiger partial charge in [-0.15, -0.1) is 0 Å². The third-order valence-electron chi connectivity index (χ3n) is 6.40. The molecule has 0 atom stereocenters. The molecule has 0 radical (unpaired) electrons. The van der Waals surface area contributed by atoms with E-state index in [4.69, 9.17) is 23.9 Å². The minimum absolute atomic E-state index is 0.248. The van der Waals surface area contributed by atoms with Crippen molar-refractivity contribution in [3.05, 3.63) is 112 Å². The Morgan fingerprint density at radius 2 is 1.49 bits per heavy atom. The number of carbonyl (C=O) groups is 1. The van der Waals surface area contributed by atoms with Crippen molar-refractivity contribution in [3.63, 3.8) is 0 Å². The molecule has 41 heavy (non-hydrogen) atoms. The molecule has 5 rings (SSSR count). The molecular weight excluding hydrogens is 522 g/mol. The van der Waals surface area contributed by atoms with E-state index < -0.39 is 5.97 Å². The van der Waals surface area contributed by atoms with Crippen LogP contribution in [0.3, 0.4) is 0 Å². The van der Waals surface area contributed by atoms with E-state index in [0.29, 0.717) is 44.8 Å². The zero-order valence-electron chi connectivity index (χ0n) is 23.0. The first-order valence-electron chi connectivity index (χ1n) is 12.7. The number of aromatic nitrogens is 2. The molecule has 4 aromatic carbocycles. The van der Waals surface area contributed by atoms with Crippen molar-refractivity contribution in [1.82, 2.24) is 9.66 Å². The van der Waals surface area contributed by atoms with Gasteiger partial charge in [-0.3, -0.25) is 4.79 Å². The van der Waals surface area contributed by atoms with Crippen molar-refractivity contribution in [1.29, 1.82) is 0 Å². The Labute approximate surface area is 236 Å². The molecule has 9 nitrogen and oxygen atoms in total. The van der Waals surface area contributed by atoms with Crippen molar-refractivity contribution < 1.29 is 23.7 Å². The molecule has 0 fully saturated rings. The highest BCUT2D eigenvalue weighted by atomic mass is 16.5. The number of hydrogen-bond donors (Lipinski definition) is 0. The topological polar surface area (TPSA) is 101 Å². The van der Waals surface area contributed by atoms with Crippen molar-refractivity contribution in [2.24, 2.45) is 5.10 Å². The fourth-order valence-electron chi connectivity index (χ4n) is 4.28. The highest BCUT2D eigenvalue weighted by Crippen LogP contribution is 2.40. The van der Waals surface area contributed by atoms with E-state index >= 15 is 0 Å². The largest absolute Gasteiger partial charge is 0.493 e. The summed E-state index contributed by atoms with van der Waals surface area (Å²) in [5.74, 6) is 1.23. The number of nitrogens with zero attached hydrogens (tertiary/aromatic N) is 3. The van der Waals surface area contributed by atoms with Gasteiger partial charge in [-0.05, 0) is 55.5 Å². The van der Waals surface area contributed by atoms with Gasteiger partial charge >= 0.3 is 5.97 Å². The van der Waals surface area contributed by atoms with Crippen LogP contribution in [-0.2, 0) is 0 Å². The first-order chi connectivity index (χ1) is 19.9. The summed E-state index contributed by atoms with van der Waals surface area (Å²) in [5.41, 5.74) is 2.57. The molecule has 1 heterocycles. The van der Waals surface area contributed by atoms with E-state index in [0.717, 1.165) is 5.56 Å². The Morgan fingerprint density at radius 1 is 0.829 bits per heavy atom. The average molecular weight is 550 g/mol. The van der Waals surface area contributed by atoms with Gasteiger partial charge in [-0.1, -0.05) is 42.0 Å². The lowest BCUT2D eigenvalue weighted by atomic mass is 10.1. The molecule has 0 unspecified atom stereocenters. The number of aryl methyl sites for hydroxylation is 1. The van der Waals surface area contributed by atoms with Gasteiger partial charge in [0.1, 0.15) is 5.75 Å². The lowest BCUT2D eigenvalue weighted by Gasteiger charge is -2.15. The monoisotopic (exact) mass is 549 g/mol. The number of rotatable bonds is 8. The van der Waals surface area contributed by atoms with Crippen molar-refractivity contribution >= 4 is 23.1 Å². The molecule has 0 bridgehead atoms. The molecule has 0 aliphatic rings. The average Bonchev–Trinajstić information content (AvgIpc) is 3.00. The zero-order valence-corrected chi connectivity index (χ0v) is 23.0. The first kappa shape index (κ1) is 27.1. The number of benzene rings is 4. The molecule has 0 spiro atoms. The van der Waals surface area contributed by atoms with Crippen LogP contribution in [0.25, 0.3) is 22.3 Å². The van der Waals surface area contributed by atoms with Gasteiger partial charge in [0.25, 0.3) is 5.56 Å². The van der Waals surface area contributed by atoms with Gasteiger partial charge in [0.15, 0.2) is 17.3 Å². The number of fused-ring (bicyclic) bond motifs is 1. The highest BCUT2D eigenvalue weighted by Gasteiger charge is 2.19. The minimum atomic E-state index is -0.506. The number of hydrogen-bond acceptors (Lipinski definition) is 8. The van der Waals surface area contributed by atoms with Gasteiger partial charge in [-0.2, -0.15) is 9.78 Å². The second-order valence-corrected chi connectivity index (χ2v) is 9.02. The van der Waals surface area contributed by atoms with Gasteiger partial charge in [0.05, 0.1) is 44.0 Å². The molecule has 0 aliphatic heterocycles. The van der Waals surface area contributed by atoms with Crippen LogP contribution >= 0.6 is 0 Å². The molecule has 0 amide bonds. The SMILES string of the molecule is COc1cc(-c2nc3ccccc3c(=O)n2N=Cc2ccccc2OC(=O)c2ccc(C)cc2)cc(OC)c1OC. The Kier molecular flexibility index (Phi) is 7.78. The maximum atomic E-state index is 13.7. The first-order valence-corrected chi connectivity index (χ1v) is 12.7. The minimum Gasteiger partial charge on any atom is -0.493 e. The van der Waals surface area contributed by atoms with Crippen molar-refractivity contribution in [2.45, 2.75) is 6.92 Å². The Morgan fingerprint density at radius 3 is 2.17 bits per heavy atom. The van der Waals surface area contributed by atoms with Crippen LogP contribution in [0.5, 0.6) is 23.0 Å². The van der Waals surface area contributed by atoms with Crippen LogP contribution in [0.15, 0.2) is 94.8 Å². The van der Waals surface area contributed by atoms with Crippen LogP contribution in [0.4, 0.5) is 0 Å². The summed E-state index contributed by atoms with van der Waals surface area (Å²) in [5, 5.41) is 4.91. The molecule has 206 valence electrons. The summed E-state index contributed by atoms with van der Waals surface area (Å²) in [6, 6.07) is 24.4. The van der Waals surface area contributed by atoms with Crippen LogP contribution in [-0.4, -0.2) is 43.2 Å². The second kappa shape index (κ2) is 11.7. The third-order valence-corrected chi connectivity index (χ3v) is 6.40. The van der Waals surface area contributed by atoms with Gasteiger partial charge < -0.3 is 18.9 Å². The van der Waals surface area contributed by atoms with Gasteiger partial charge in [-0.25, -0.2) is 9.78 Å². The fraction of sp³-hybridized carbons (Fsp3) is 0.125. The van der Waals surface area contributed by atoms with Crippen molar-refractivity contribution in [2.75, 3.05) is 21.3 Å². The third kappa shape index (κ3) is 5.51. The van der Waals surface area contributed by atoms with Crippen molar-refractivity contribution in [3.8, 4) is 34.4 Å². The van der Waals surface area contributed by atoms with Crippen LogP contribution < -0.4 is 24.5 Å². The molecule has 0 saturated heterocycles. The van der Waals surface area contributed by atoms with Crippen LogP contribution in [0, 0.1) is 6.92 Å². The lowest BCUT2D eigenvalue weighted by Crippen LogP contribution is -2.20. The number of methoxy groups -OCH3 is 3. The van der Waals surface area contributed by atoms with Gasteiger partial charge in [0.2, 0.25) is 5.75 Å². The maximum Gasteiger partial charge on any atom is 0.343 e. The highest BCUT2D eigenvalue weighted by molar-refractivity contribution is 5.93. The summed E-state index contributed by atoms with van der Waals surface area (Å²) < 4.78 is 23.4. The molecule has 9 heteroatoms. The molecule has 5 aromatic rings. The number of para-hydroxylation sites is 2. The van der Waals surface area contributed by atoms with Gasteiger partial charge in [0, 0.05) is 11.1 Å². The normalized spacial score (nSPS) is 11.0. The maximum absolute atomic E-state index is 13.7. The summed E-state index contributed by atoms with van der Waals surface area (Å²) >= 11 is 0. The summed E-state index contributed by atoms with van der Waals surface area (Å²) in [6.07, 6.45) is 1.46. The number of carbonyl (C=O) groups excluding carboxylic acids is 1. The summed E-state index contributed by atoms with van der Waals surface area (Å²) in [4.78, 5) is 31.2. The van der Waals surface area contributed by atoms with E-state index in [1.165, 1.54) is 32.2 Å². The van der Waals surface area contributed by atoms with E-state index in [9.17, 15) is 9.59 Å². The lowest BCUT2D eigenvalue weighted by molar-refractivity contribution is 0.0734. The second-order valence-electron chi connectivity index (χ2n) is 9.02. The Balaban J connectivity index is 1.62. The molecule has 0 saturated carbocycles. The Bertz CT molecular complexity index is 1800. The van der Waals surface area contributed by atoms with Crippen LogP contribution in [0.1, 0.15) is 21.5 Å². The Hall–Kier alpha value is -5.44. The smallest absolute Gasteiger partial charge is 0.343 e. The number of esters is 1. The molecular formula is C32H27N3O6. The zero-order chi connectivity index (χ0) is 28.9. The molecule has 1 aromatic heterocycles. The fourth-order valence-corrected chi connectivity index (χ4v) is 4.28. The molecule has 0 N–H and O–H groups in total. The predicted molar refractivity (Wildman–Crippen MR) is 157 cm³/mol. The number of ether oxygens (including phenoxy) is 4. The summed E-state index contributed by atoms with van der Waals surface area (Å²) in [6.45, 7) is 1.94. The molecule has 0 aliphatic carbocycles. The summed E-state index contributed by atoms with van der Waals surface area (Å²) in [7, 11) is 4.53. The van der Waals surface area contributed by atoms with E-state index in [1.54, 1.807) is 72.8 Å². The van der Waals surface area contributed by atoms with E-state index in [2.05, 4.69) is 5.10 Å². The van der Waals surface area contributed by atoms with E-state index in [1.807, 2.05) is 19.1 Å². The quantitative estimate of drug-likeness (QED) is 0.143. The van der Waals surface area contributed by atoms with Crippen LogP contribution in [0.2, 0.25) is 0 Å². The van der Waals surface area contributed by atoms with E-state index in [-0.39, 0.29) is 17.1 Å². The standard InChI is InChI=1S/C32H27N3O6/c1-20-13-15-21(16-14-20)32(37)41-26-12-8-5-9-22(26)19-33-35-30(34-25-11-7-6-10-24(25)31(35)36)23-17-27(38-2)29(40-4)28(18-23)39-3/h5-19H,1-4H3.